The number of halogens is 4. The van der Waals surface area contributed by atoms with E-state index in [9.17, 15) is 17.6 Å². The molecule has 0 saturated heterocycles. The molecule has 0 aromatic heterocycles. The molecule has 0 aliphatic heterocycles. The van der Waals surface area contributed by atoms with Gasteiger partial charge in [-0.1, -0.05) is 37.3 Å². The molecule has 2 saturated carbocycles. The van der Waals surface area contributed by atoms with Crippen molar-refractivity contribution in [3.8, 4) is 11.8 Å². The highest BCUT2D eigenvalue weighted by Crippen LogP contribution is 2.38. The van der Waals surface area contributed by atoms with Crippen LogP contribution in [0.3, 0.4) is 0 Å². The van der Waals surface area contributed by atoms with E-state index in [4.69, 9.17) is 0 Å². The lowest BCUT2D eigenvalue weighted by Crippen LogP contribution is -2.14. The Labute approximate surface area is 171 Å². The summed E-state index contributed by atoms with van der Waals surface area (Å²) in [6.45, 7) is 2.27. The smallest absolute Gasteiger partial charge is 0.206 e. The maximum Gasteiger partial charge on any atom is 0.419 e. The summed E-state index contributed by atoms with van der Waals surface area (Å²) in [6.07, 6.45) is 9.62. The molecule has 0 bridgehead atoms. The van der Waals surface area contributed by atoms with Crippen molar-refractivity contribution in [1.29, 1.82) is 0 Å². The number of hydrogen-bond acceptors (Lipinski definition) is 0. The molecular formula is C25H30F4. The highest BCUT2D eigenvalue weighted by Gasteiger charge is 2.34. The lowest BCUT2D eigenvalue weighted by molar-refractivity contribution is -0.140. The van der Waals surface area contributed by atoms with Gasteiger partial charge in [0.25, 0.3) is 0 Å². The minimum atomic E-state index is -4.64. The number of alkyl halides is 3. The van der Waals surface area contributed by atoms with Gasteiger partial charge in [-0.05, 0) is 92.9 Å². The zero-order valence-corrected chi connectivity index (χ0v) is 17.1. The highest BCUT2D eigenvalue weighted by atomic mass is 19.4. The zero-order chi connectivity index (χ0) is 20.9. The van der Waals surface area contributed by atoms with Crippen LogP contribution in [0.1, 0.15) is 81.8 Å². The third-order valence-corrected chi connectivity index (χ3v) is 6.71. The Morgan fingerprint density at radius 2 is 1.69 bits per heavy atom. The quantitative estimate of drug-likeness (QED) is 0.354. The Bertz CT molecular complexity index is 749. The van der Waals surface area contributed by atoms with Gasteiger partial charge in [0, 0.05) is 5.92 Å². The van der Waals surface area contributed by atoms with Crippen LogP contribution in [0.5, 0.6) is 0 Å². The molecule has 0 nitrogen and oxygen atoms in total. The average molecular weight is 407 g/mol. The second kappa shape index (κ2) is 9.83. The van der Waals surface area contributed by atoms with Crippen LogP contribution in [0.2, 0.25) is 0 Å². The maximum atomic E-state index is 13.8. The molecule has 0 spiro atoms. The second-order valence-corrected chi connectivity index (χ2v) is 8.62. The lowest BCUT2D eigenvalue weighted by atomic mass is 9.78. The van der Waals surface area contributed by atoms with Crippen LogP contribution in [-0.2, 0) is 6.18 Å². The fraction of sp³-hybridized carbons (Fsp3) is 0.600. The van der Waals surface area contributed by atoms with Crippen LogP contribution < -0.4 is 0 Å². The molecule has 4 heteroatoms. The predicted octanol–water partition coefficient (Wildman–Crippen LogP) is 7.89. The molecule has 1 aromatic rings. The van der Waals surface area contributed by atoms with E-state index in [1.165, 1.54) is 38.2 Å². The second-order valence-electron chi connectivity index (χ2n) is 8.62. The molecule has 0 N–H and O–H groups in total. The number of allylic oxidation sites excluding steroid dienone is 2. The van der Waals surface area contributed by atoms with E-state index in [0.717, 1.165) is 43.7 Å². The van der Waals surface area contributed by atoms with Crippen molar-refractivity contribution >= 4 is 0 Å². The van der Waals surface area contributed by atoms with Crippen LogP contribution in [0.4, 0.5) is 17.6 Å². The monoisotopic (exact) mass is 406 g/mol. The average Bonchev–Trinajstić information content (AvgIpc) is 2.71. The Kier molecular flexibility index (Phi) is 7.44. The van der Waals surface area contributed by atoms with Crippen LogP contribution in [0, 0.1) is 35.4 Å². The van der Waals surface area contributed by atoms with Crippen molar-refractivity contribution < 1.29 is 17.6 Å². The molecule has 3 rings (SSSR count). The molecule has 29 heavy (non-hydrogen) atoms. The van der Waals surface area contributed by atoms with Crippen LogP contribution in [0.15, 0.2) is 30.4 Å². The number of hydrogen-bond donors (Lipinski definition) is 0. The van der Waals surface area contributed by atoms with Crippen molar-refractivity contribution in [1.82, 2.24) is 0 Å². The van der Waals surface area contributed by atoms with E-state index in [-0.39, 0.29) is 5.92 Å². The fourth-order valence-corrected chi connectivity index (χ4v) is 4.73. The van der Waals surface area contributed by atoms with Gasteiger partial charge in [-0.2, -0.15) is 13.2 Å². The first-order valence-corrected chi connectivity index (χ1v) is 10.9. The van der Waals surface area contributed by atoms with E-state index >= 15 is 0 Å². The van der Waals surface area contributed by atoms with Gasteiger partial charge in [0.1, 0.15) is 5.82 Å². The number of benzene rings is 1. The Balaban J connectivity index is 1.47. The Morgan fingerprint density at radius 3 is 2.28 bits per heavy atom. The maximum absolute atomic E-state index is 13.8. The summed E-state index contributed by atoms with van der Waals surface area (Å²) >= 11 is 0. The molecule has 0 unspecified atom stereocenters. The van der Waals surface area contributed by atoms with Crippen molar-refractivity contribution in [2.24, 2.45) is 17.8 Å². The van der Waals surface area contributed by atoms with Crippen molar-refractivity contribution in [3.63, 3.8) is 0 Å². The molecule has 158 valence electrons. The normalized spacial score (nSPS) is 28.2. The first-order chi connectivity index (χ1) is 13.9. The molecular weight excluding hydrogens is 376 g/mol. The van der Waals surface area contributed by atoms with Crippen molar-refractivity contribution in [2.75, 3.05) is 0 Å². The van der Waals surface area contributed by atoms with E-state index < -0.39 is 17.6 Å². The minimum absolute atomic E-state index is 0.120. The Hall–Kier alpha value is -1.76. The largest absolute Gasteiger partial charge is 0.419 e. The van der Waals surface area contributed by atoms with E-state index in [2.05, 4.69) is 24.8 Å². The Morgan fingerprint density at radius 1 is 1.00 bits per heavy atom. The van der Waals surface area contributed by atoms with Crippen LogP contribution >= 0.6 is 0 Å². The van der Waals surface area contributed by atoms with Crippen LogP contribution in [0.25, 0.3) is 0 Å². The van der Waals surface area contributed by atoms with Gasteiger partial charge < -0.3 is 0 Å². The summed E-state index contributed by atoms with van der Waals surface area (Å²) in [4.78, 5) is 0. The molecule has 0 radical (unpaired) electrons. The topological polar surface area (TPSA) is 0 Å². The summed E-state index contributed by atoms with van der Waals surface area (Å²) in [5.41, 5.74) is -0.514. The van der Waals surface area contributed by atoms with Crippen LogP contribution in [-0.4, -0.2) is 0 Å². The van der Waals surface area contributed by atoms with Gasteiger partial charge in [0.15, 0.2) is 0 Å². The molecule has 1 aromatic carbocycles. The summed E-state index contributed by atoms with van der Waals surface area (Å²) < 4.78 is 52.0. The summed E-state index contributed by atoms with van der Waals surface area (Å²) in [7, 11) is 0. The fourth-order valence-electron chi connectivity index (χ4n) is 4.73. The summed E-state index contributed by atoms with van der Waals surface area (Å²) in [5.74, 6) is 7.37. The van der Waals surface area contributed by atoms with Gasteiger partial charge in [-0.3, -0.25) is 0 Å². The summed E-state index contributed by atoms with van der Waals surface area (Å²) in [5, 5.41) is 0. The van der Waals surface area contributed by atoms with Gasteiger partial charge in [-0.15, -0.1) is 0 Å². The third-order valence-electron chi connectivity index (χ3n) is 6.71. The zero-order valence-electron chi connectivity index (χ0n) is 17.1. The number of rotatable bonds is 3. The molecule has 2 aliphatic rings. The standard InChI is InChI=1S/C25H30F4/c1-2-18-7-9-19(10-8-18)5-3-4-6-20-11-13-21(14-12-20)22-15-16-23(24(26)17-22)25(27,28)29/h3,5,15-21H,2,7-14H2,1H3/b5-3+/t18-,19-,20-,21-. The molecule has 2 aliphatic carbocycles. The molecule has 0 heterocycles. The first-order valence-electron chi connectivity index (χ1n) is 10.9. The SMILES string of the molecule is CC[C@H]1CC[C@H](/C=C/C#C[C@H]2CC[C@H](c3ccc(C(F)(F)F)c(F)c3)CC2)CC1. The van der Waals surface area contributed by atoms with E-state index in [1.54, 1.807) is 0 Å². The van der Waals surface area contributed by atoms with Gasteiger partial charge >= 0.3 is 6.18 Å². The third kappa shape index (κ3) is 6.11. The van der Waals surface area contributed by atoms with E-state index in [1.807, 2.05) is 6.08 Å². The van der Waals surface area contributed by atoms with E-state index in [0.29, 0.717) is 17.4 Å². The highest BCUT2D eigenvalue weighted by molar-refractivity contribution is 5.29. The lowest BCUT2D eigenvalue weighted by Gasteiger charge is -2.26. The van der Waals surface area contributed by atoms with Gasteiger partial charge in [0.05, 0.1) is 5.56 Å². The predicted molar refractivity (Wildman–Crippen MR) is 109 cm³/mol. The van der Waals surface area contributed by atoms with Gasteiger partial charge in [-0.25, -0.2) is 4.39 Å². The van der Waals surface area contributed by atoms with Crippen molar-refractivity contribution in [2.45, 2.75) is 76.8 Å². The molecule has 2 fully saturated rings. The molecule has 0 amide bonds. The summed E-state index contributed by atoms with van der Waals surface area (Å²) in [6, 6.07) is 3.36. The molecule has 0 atom stereocenters. The first kappa shape index (κ1) is 21.9. The minimum Gasteiger partial charge on any atom is -0.206 e. The van der Waals surface area contributed by atoms with Gasteiger partial charge in [0.2, 0.25) is 0 Å². The van der Waals surface area contributed by atoms with Crippen molar-refractivity contribution in [3.05, 3.63) is 47.3 Å².